The molecule has 1 heterocycles. The first-order valence-corrected chi connectivity index (χ1v) is 7.06. The van der Waals surface area contributed by atoms with Gasteiger partial charge in [-0.25, -0.2) is 4.79 Å². The first kappa shape index (κ1) is 21.4. The van der Waals surface area contributed by atoms with Crippen molar-refractivity contribution >= 4 is 47.8 Å². The maximum Gasteiger partial charge on any atom is 0.324 e. The van der Waals surface area contributed by atoms with Gasteiger partial charge in [0.25, 0.3) is 0 Å². The van der Waals surface area contributed by atoms with Gasteiger partial charge < -0.3 is 21.3 Å². The molecular weight excluding hydrogens is 415 g/mol. The molecule has 4 amide bonds. The normalized spacial score (nSPS) is 15.0. The van der Waals surface area contributed by atoms with E-state index in [0.717, 1.165) is 4.90 Å². The molecule has 0 bridgehead atoms. The number of halogens is 1. The third-order valence-electron chi connectivity index (χ3n) is 2.72. The summed E-state index contributed by atoms with van der Waals surface area (Å²) in [5, 5.41) is 11.1. The second-order valence-corrected chi connectivity index (χ2v) is 5.85. The fourth-order valence-electron chi connectivity index (χ4n) is 1.81. The molecule has 10 heteroatoms. The van der Waals surface area contributed by atoms with Crippen molar-refractivity contribution < 1.29 is 14.4 Å². The van der Waals surface area contributed by atoms with Gasteiger partial charge in [-0.05, 0) is 20.8 Å². The van der Waals surface area contributed by atoms with E-state index < -0.39 is 0 Å². The molecule has 1 saturated heterocycles. The Bertz CT molecular complexity index is 459. The quantitative estimate of drug-likeness (QED) is 0.194. The number of carbonyl (C=O) groups is 3. The number of nitrogens with one attached hydrogen (secondary N) is 4. The van der Waals surface area contributed by atoms with E-state index in [2.05, 4.69) is 26.3 Å². The summed E-state index contributed by atoms with van der Waals surface area (Å²) < 4.78 is 0. The minimum absolute atomic E-state index is 0. The molecule has 0 aromatic rings. The summed E-state index contributed by atoms with van der Waals surface area (Å²) in [7, 11) is 1.57. The molecule has 0 unspecified atom stereocenters. The Kier molecular flexibility index (Phi) is 8.87. The van der Waals surface area contributed by atoms with E-state index in [9.17, 15) is 14.4 Å². The second kappa shape index (κ2) is 9.53. The van der Waals surface area contributed by atoms with E-state index in [1.807, 2.05) is 20.8 Å². The Morgan fingerprint density at radius 3 is 2.43 bits per heavy atom. The SMILES string of the molecule is CN=C(NCCN1C(=O)CNC1=O)NCC(=O)NC(C)(C)C.I. The van der Waals surface area contributed by atoms with E-state index in [1.54, 1.807) is 7.05 Å². The maximum absolute atomic E-state index is 11.7. The molecule has 0 saturated carbocycles. The van der Waals surface area contributed by atoms with Crippen LogP contribution in [0, 0.1) is 0 Å². The van der Waals surface area contributed by atoms with Crippen LogP contribution in [-0.4, -0.2) is 67.5 Å². The number of imide groups is 1. The number of hydrogen-bond acceptors (Lipinski definition) is 4. The molecule has 0 radical (unpaired) electrons. The molecule has 132 valence electrons. The molecule has 4 N–H and O–H groups in total. The molecular formula is C13H25IN6O3. The summed E-state index contributed by atoms with van der Waals surface area (Å²) in [5.74, 6) is 0.0277. The predicted molar refractivity (Wildman–Crippen MR) is 97.8 cm³/mol. The summed E-state index contributed by atoms with van der Waals surface area (Å²) in [6, 6.07) is -0.390. The van der Waals surface area contributed by atoms with Gasteiger partial charge in [-0.1, -0.05) is 0 Å². The van der Waals surface area contributed by atoms with E-state index >= 15 is 0 Å². The van der Waals surface area contributed by atoms with Crippen molar-refractivity contribution in [1.29, 1.82) is 0 Å². The number of guanidine groups is 1. The lowest BCUT2D eigenvalue weighted by Gasteiger charge is -2.21. The molecule has 0 aromatic carbocycles. The smallest absolute Gasteiger partial charge is 0.324 e. The van der Waals surface area contributed by atoms with Crippen molar-refractivity contribution in [3.63, 3.8) is 0 Å². The van der Waals surface area contributed by atoms with E-state index in [0.29, 0.717) is 12.5 Å². The number of urea groups is 1. The fraction of sp³-hybridized carbons (Fsp3) is 0.692. The van der Waals surface area contributed by atoms with Crippen LogP contribution in [0.5, 0.6) is 0 Å². The first-order valence-electron chi connectivity index (χ1n) is 7.06. The third-order valence-corrected chi connectivity index (χ3v) is 2.72. The van der Waals surface area contributed by atoms with Crippen LogP contribution in [0.15, 0.2) is 4.99 Å². The van der Waals surface area contributed by atoms with Crippen molar-refractivity contribution in [3.05, 3.63) is 0 Å². The zero-order valence-corrected chi connectivity index (χ0v) is 16.2. The monoisotopic (exact) mass is 440 g/mol. The van der Waals surface area contributed by atoms with E-state index in [4.69, 9.17) is 0 Å². The molecule has 23 heavy (non-hydrogen) atoms. The number of hydrogen-bond donors (Lipinski definition) is 4. The standard InChI is InChI=1S/C13H24N6O3.HI/c1-13(2,3)18-9(20)7-16-11(14-4)15-5-6-19-10(21)8-17-12(19)22;/h5-8H2,1-4H3,(H,17,22)(H,18,20)(H2,14,15,16);1H. The zero-order chi connectivity index (χ0) is 16.8. The van der Waals surface area contributed by atoms with Crippen LogP contribution in [0.1, 0.15) is 20.8 Å². The van der Waals surface area contributed by atoms with Gasteiger partial charge in [0.15, 0.2) is 5.96 Å². The highest BCUT2D eigenvalue weighted by atomic mass is 127. The Balaban J connectivity index is 0.00000484. The summed E-state index contributed by atoms with van der Waals surface area (Å²) in [6.07, 6.45) is 0. The van der Waals surface area contributed by atoms with Gasteiger partial charge in [-0.15, -0.1) is 24.0 Å². The van der Waals surface area contributed by atoms with Gasteiger partial charge in [0.05, 0.1) is 13.1 Å². The molecule has 0 spiro atoms. The van der Waals surface area contributed by atoms with Gasteiger partial charge >= 0.3 is 6.03 Å². The Hall–Kier alpha value is -1.59. The topological polar surface area (TPSA) is 115 Å². The van der Waals surface area contributed by atoms with Crippen LogP contribution >= 0.6 is 24.0 Å². The van der Waals surface area contributed by atoms with E-state index in [1.165, 1.54) is 0 Å². The molecule has 9 nitrogen and oxygen atoms in total. The molecule has 1 aliphatic rings. The zero-order valence-electron chi connectivity index (χ0n) is 13.9. The minimum atomic E-state index is -0.390. The molecule has 0 atom stereocenters. The van der Waals surface area contributed by atoms with Gasteiger partial charge in [0.1, 0.15) is 0 Å². The van der Waals surface area contributed by atoms with Gasteiger partial charge in [0, 0.05) is 25.7 Å². The van der Waals surface area contributed by atoms with Crippen LogP contribution in [0.4, 0.5) is 4.79 Å². The minimum Gasteiger partial charge on any atom is -0.355 e. The number of rotatable bonds is 5. The lowest BCUT2D eigenvalue weighted by Crippen LogP contribution is -2.49. The highest BCUT2D eigenvalue weighted by molar-refractivity contribution is 14.0. The largest absolute Gasteiger partial charge is 0.355 e. The van der Waals surface area contributed by atoms with Crippen molar-refractivity contribution in [2.45, 2.75) is 26.3 Å². The maximum atomic E-state index is 11.7. The summed E-state index contributed by atoms with van der Waals surface area (Å²) in [6.45, 7) is 6.40. The summed E-state index contributed by atoms with van der Waals surface area (Å²) >= 11 is 0. The second-order valence-electron chi connectivity index (χ2n) is 5.85. The van der Waals surface area contributed by atoms with E-state index in [-0.39, 0.29) is 67.0 Å². The molecule has 0 aliphatic carbocycles. The highest BCUT2D eigenvalue weighted by Gasteiger charge is 2.27. The third kappa shape index (κ3) is 8.00. The van der Waals surface area contributed by atoms with Gasteiger partial charge in [-0.3, -0.25) is 19.5 Å². The first-order chi connectivity index (χ1) is 10.2. The van der Waals surface area contributed by atoms with Crippen LogP contribution in [0.3, 0.4) is 0 Å². The average molecular weight is 440 g/mol. The van der Waals surface area contributed by atoms with Crippen LogP contribution in [0.2, 0.25) is 0 Å². The fourth-order valence-corrected chi connectivity index (χ4v) is 1.81. The van der Waals surface area contributed by atoms with Crippen molar-refractivity contribution in [2.75, 3.05) is 33.2 Å². The van der Waals surface area contributed by atoms with Crippen LogP contribution < -0.4 is 21.3 Å². The van der Waals surface area contributed by atoms with Gasteiger partial charge in [0.2, 0.25) is 11.8 Å². The van der Waals surface area contributed by atoms with Crippen LogP contribution in [0.25, 0.3) is 0 Å². The lowest BCUT2D eigenvalue weighted by atomic mass is 10.1. The van der Waals surface area contributed by atoms with Gasteiger partial charge in [-0.2, -0.15) is 0 Å². The molecule has 0 aromatic heterocycles. The summed E-state index contributed by atoms with van der Waals surface area (Å²) in [5.41, 5.74) is -0.292. The lowest BCUT2D eigenvalue weighted by molar-refractivity contribution is -0.125. The number of amides is 4. The van der Waals surface area contributed by atoms with Crippen molar-refractivity contribution in [2.24, 2.45) is 4.99 Å². The number of carbonyl (C=O) groups excluding carboxylic acids is 3. The molecule has 1 aliphatic heterocycles. The average Bonchev–Trinajstić information content (AvgIpc) is 2.72. The van der Waals surface area contributed by atoms with Crippen molar-refractivity contribution in [3.8, 4) is 0 Å². The molecule has 1 rings (SSSR count). The van der Waals surface area contributed by atoms with Crippen molar-refractivity contribution in [1.82, 2.24) is 26.2 Å². The number of aliphatic imine (C=N–C) groups is 1. The Labute approximate surface area is 153 Å². The summed E-state index contributed by atoms with van der Waals surface area (Å²) in [4.78, 5) is 39.5. The Morgan fingerprint density at radius 1 is 1.30 bits per heavy atom. The Morgan fingerprint density at radius 2 is 1.96 bits per heavy atom. The number of nitrogens with zero attached hydrogens (tertiary/aromatic N) is 2. The van der Waals surface area contributed by atoms with Crippen LogP contribution in [-0.2, 0) is 9.59 Å². The molecule has 1 fully saturated rings. The highest BCUT2D eigenvalue weighted by Crippen LogP contribution is 1.97. The predicted octanol–water partition coefficient (Wildman–Crippen LogP) is -0.764.